The molecule has 4 aromatic carbocycles. The number of ether oxygens (including phenoxy) is 1. The van der Waals surface area contributed by atoms with Crippen LogP contribution in [0.1, 0.15) is 85.4 Å². The average molecular weight is 939 g/mol. The van der Waals surface area contributed by atoms with Crippen LogP contribution in [0.15, 0.2) is 119 Å². The van der Waals surface area contributed by atoms with Crippen molar-refractivity contribution < 1.29 is 23.9 Å². The number of methoxy groups -OCH3 is 1. The van der Waals surface area contributed by atoms with Crippen LogP contribution >= 0.6 is 11.6 Å². The molecule has 0 fully saturated rings. The van der Waals surface area contributed by atoms with Crippen LogP contribution in [0.5, 0.6) is 5.75 Å². The van der Waals surface area contributed by atoms with Gasteiger partial charge in [0, 0.05) is 55.2 Å². The topological polar surface area (TPSA) is 201 Å². The fraction of sp³-hybridized carbons (Fsp3) is 0.302. The van der Waals surface area contributed by atoms with Crippen LogP contribution in [-0.4, -0.2) is 87.0 Å². The highest BCUT2D eigenvalue weighted by molar-refractivity contribution is 6.31. The molecule has 0 radical (unpaired) electrons. The highest BCUT2D eigenvalue weighted by Gasteiger charge is 2.33. The summed E-state index contributed by atoms with van der Waals surface area (Å²) in [5.41, 5.74) is 13.7. The Morgan fingerprint density at radius 3 is 2.15 bits per heavy atom. The van der Waals surface area contributed by atoms with Crippen LogP contribution in [0.2, 0.25) is 5.02 Å². The van der Waals surface area contributed by atoms with Gasteiger partial charge in [0.15, 0.2) is 0 Å². The molecular formula is C53H60ClN9O5. The summed E-state index contributed by atoms with van der Waals surface area (Å²) >= 11 is 6.12. The number of rotatable bonds is 14. The van der Waals surface area contributed by atoms with Gasteiger partial charge in [0.1, 0.15) is 23.5 Å². The van der Waals surface area contributed by atoms with Crippen molar-refractivity contribution in [3.63, 3.8) is 0 Å². The number of amidine groups is 2. The molecule has 354 valence electrons. The molecule has 15 heteroatoms. The smallest absolute Gasteiger partial charge is 0.315 e. The molecule has 1 heterocycles. The number of carbonyl (C=O) groups excluding carboxylic acids is 4. The van der Waals surface area contributed by atoms with E-state index in [0.717, 1.165) is 12.8 Å². The lowest BCUT2D eigenvalue weighted by molar-refractivity contribution is -0.122. The lowest BCUT2D eigenvalue weighted by atomic mass is 9.84. The first-order valence-electron chi connectivity index (χ1n) is 22.7. The molecule has 0 bridgehead atoms. The number of nitrogens with zero attached hydrogens (tertiary/aromatic N) is 2. The number of amides is 5. The molecule has 14 nitrogen and oxygen atoms in total. The van der Waals surface area contributed by atoms with Gasteiger partial charge >= 0.3 is 6.03 Å². The zero-order valence-electron chi connectivity index (χ0n) is 39.4. The predicted octanol–water partition coefficient (Wildman–Crippen LogP) is 7.77. The monoisotopic (exact) mass is 937 g/mol. The Balaban J connectivity index is 0.000000264. The van der Waals surface area contributed by atoms with E-state index < -0.39 is 23.9 Å². The maximum Gasteiger partial charge on any atom is 0.315 e. The summed E-state index contributed by atoms with van der Waals surface area (Å²) in [5.74, 6) is -0.00696. The molecule has 68 heavy (non-hydrogen) atoms. The minimum Gasteiger partial charge on any atom is -0.497 e. The minimum absolute atomic E-state index is 0.0437. The third kappa shape index (κ3) is 12.8. The van der Waals surface area contributed by atoms with Gasteiger partial charge in [-0.1, -0.05) is 108 Å². The van der Waals surface area contributed by atoms with Crippen molar-refractivity contribution in [2.24, 2.45) is 4.99 Å². The number of hydrogen-bond acceptors (Lipinski definition) is 8. The van der Waals surface area contributed by atoms with E-state index >= 15 is 0 Å². The second kappa shape index (κ2) is 23.4. The van der Waals surface area contributed by atoms with E-state index in [1.807, 2.05) is 0 Å². The van der Waals surface area contributed by atoms with Crippen molar-refractivity contribution in [3.05, 3.63) is 158 Å². The quantitative estimate of drug-likeness (QED) is 0.0383. The number of allylic oxidation sites excluding steroid dienone is 5. The van der Waals surface area contributed by atoms with Crippen molar-refractivity contribution in [2.45, 2.75) is 65.8 Å². The van der Waals surface area contributed by atoms with Crippen molar-refractivity contribution in [1.82, 2.24) is 26.6 Å². The molecule has 2 atom stereocenters. The summed E-state index contributed by atoms with van der Waals surface area (Å²) in [6, 6.07) is 26.9. The SMILES string of the molecule is CCc1ccc2c(c1)C(c1ccc(C)cc1)=CCC1=CC=C(C)C12.COc1ccc2c(c1)C(c1ccc(Cl)cc1)=NC(CC(=O)NCCNC(=O)CNC(=O)NCCNC(C)=O)C(=N)N2C(C)=N. The van der Waals surface area contributed by atoms with Gasteiger partial charge < -0.3 is 31.3 Å². The predicted molar refractivity (Wildman–Crippen MR) is 271 cm³/mol. The van der Waals surface area contributed by atoms with Crippen molar-refractivity contribution in [3.8, 4) is 5.75 Å². The van der Waals surface area contributed by atoms with E-state index in [9.17, 15) is 19.2 Å². The van der Waals surface area contributed by atoms with E-state index in [2.05, 4.69) is 108 Å². The lowest BCUT2D eigenvalue weighted by Gasteiger charge is -2.26. The zero-order valence-corrected chi connectivity index (χ0v) is 40.2. The second-order valence-electron chi connectivity index (χ2n) is 16.7. The van der Waals surface area contributed by atoms with E-state index in [1.54, 1.807) is 56.5 Å². The number of aryl methyl sites for hydroxylation is 2. The van der Waals surface area contributed by atoms with Crippen LogP contribution in [0.25, 0.3) is 5.57 Å². The summed E-state index contributed by atoms with van der Waals surface area (Å²) < 4.78 is 5.43. The van der Waals surface area contributed by atoms with Crippen molar-refractivity contribution in [2.75, 3.05) is 44.7 Å². The Morgan fingerprint density at radius 1 is 0.794 bits per heavy atom. The van der Waals surface area contributed by atoms with E-state index in [-0.39, 0.29) is 56.7 Å². The Kier molecular flexibility index (Phi) is 17.3. The van der Waals surface area contributed by atoms with Gasteiger partial charge in [-0.05, 0) is 91.8 Å². The summed E-state index contributed by atoms with van der Waals surface area (Å²) in [4.78, 5) is 53.8. The van der Waals surface area contributed by atoms with Gasteiger partial charge in [-0.25, -0.2) is 4.79 Å². The number of halogens is 1. The molecule has 5 amide bonds. The number of carbonyl (C=O) groups is 4. The Morgan fingerprint density at radius 2 is 1.47 bits per heavy atom. The van der Waals surface area contributed by atoms with E-state index in [0.29, 0.717) is 39.2 Å². The summed E-state index contributed by atoms with van der Waals surface area (Å²) in [7, 11) is 1.54. The number of fused-ring (bicyclic) bond motifs is 4. The van der Waals surface area contributed by atoms with Crippen LogP contribution in [-0.2, 0) is 20.8 Å². The van der Waals surface area contributed by atoms with Crippen molar-refractivity contribution >= 4 is 64.0 Å². The number of anilines is 1. The maximum absolute atomic E-state index is 12.9. The standard InChI is InChI=1S/C29H36ClN9O5.C24H24/c1-17(31)39-24-9-8-21(44-3)14-22(24)27(19-4-6-20(30)7-5-19)38-23(28(39)32)15-25(41)34-11-12-35-26(42)16-37-29(43)36-13-10-33-18(2)40;1-4-18-8-13-22-23(15-18)21(19-9-5-16(2)6-10-19)14-12-20-11-7-17(3)24(20)22/h4-9,14,23,31-32H,10-13,15-16H2,1-3H3,(H,33,40)(H,34,41)(H,35,42)(H2,36,37,43);5-11,13-15,24H,4,12H2,1-3H3. The van der Waals surface area contributed by atoms with Gasteiger partial charge in [0.25, 0.3) is 0 Å². The van der Waals surface area contributed by atoms with Gasteiger partial charge in [-0.15, -0.1) is 0 Å². The first-order valence-corrected chi connectivity index (χ1v) is 23.1. The molecule has 4 aromatic rings. The second-order valence-corrected chi connectivity index (χ2v) is 17.2. The van der Waals surface area contributed by atoms with Crippen LogP contribution in [0.3, 0.4) is 0 Å². The van der Waals surface area contributed by atoms with Gasteiger partial charge in [-0.3, -0.25) is 35.1 Å². The molecule has 0 aromatic heterocycles. The van der Waals surface area contributed by atoms with Gasteiger partial charge in [-0.2, -0.15) is 0 Å². The summed E-state index contributed by atoms with van der Waals surface area (Å²) in [5, 5.41) is 30.6. The largest absolute Gasteiger partial charge is 0.497 e. The molecule has 2 unspecified atom stereocenters. The third-order valence-electron chi connectivity index (χ3n) is 11.8. The van der Waals surface area contributed by atoms with Crippen LogP contribution in [0, 0.1) is 17.7 Å². The highest BCUT2D eigenvalue weighted by atomic mass is 35.5. The van der Waals surface area contributed by atoms with E-state index in [4.69, 9.17) is 32.1 Å². The lowest BCUT2D eigenvalue weighted by Crippen LogP contribution is -2.45. The number of benzene rings is 4. The van der Waals surface area contributed by atoms with Crippen LogP contribution < -0.4 is 36.2 Å². The number of benzodiazepines with no additional fused rings is 1. The molecule has 3 aliphatic rings. The fourth-order valence-corrected chi connectivity index (χ4v) is 8.41. The molecule has 7 rings (SSSR count). The average Bonchev–Trinajstić information content (AvgIpc) is 3.54. The van der Waals surface area contributed by atoms with Gasteiger partial charge in [0.05, 0.1) is 31.5 Å². The van der Waals surface area contributed by atoms with E-state index in [1.165, 1.54) is 56.4 Å². The number of hydrogen-bond donors (Lipinski definition) is 7. The first kappa shape index (κ1) is 50.1. The number of nitrogens with one attached hydrogen (secondary N) is 7. The molecular weight excluding hydrogens is 878 g/mol. The number of aliphatic imine (C=N–C) groups is 1. The molecule has 7 N–H and O–H groups in total. The zero-order chi connectivity index (χ0) is 48.9. The molecule has 1 aliphatic heterocycles. The van der Waals surface area contributed by atoms with Gasteiger partial charge in [0.2, 0.25) is 17.7 Å². The highest BCUT2D eigenvalue weighted by Crippen LogP contribution is 2.45. The Bertz CT molecular complexity index is 2690. The minimum atomic E-state index is -0.928. The normalized spacial score (nSPS) is 15.7. The molecule has 0 spiro atoms. The molecule has 0 saturated heterocycles. The third-order valence-corrected chi connectivity index (χ3v) is 12.0. The molecule has 2 aliphatic carbocycles. The molecule has 0 saturated carbocycles. The van der Waals surface area contributed by atoms with Crippen molar-refractivity contribution in [1.29, 1.82) is 10.8 Å². The fourth-order valence-electron chi connectivity index (χ4n) is 8.28. The summed E-state index contributed by atoms with van der Waals surface area (Å²) in [6.07, 6.45) is 8.99. The first-order chi connectivity index (χ1) is 32.7. The number of urea groups is 1. The maximum atomic E-state index is 12.9. The Hall–Kier alpha value is -7.32. The van der Waals surface area contributed by atoms with Crippen LogP contribution in [0.4, 0.5) is 10.5 Å². The summed E-state index contributed by atoms with van der Waals surface area (Å²) in [6.45, 7) is 9.99. The Labute approximate surface area is 403 Å².